The second kappa shape index (κ2) is 10.7. The maximum absolute atomic E-state index is 13.9. The minimum Gasteiger partial charge on any atom is -0.493 e. The SMILES string of the molecule is Cc1c(COc2c(F)c(F)c(F)c(F)c2F)oc2cccc(OCCCNCc3cccnc3)c12. The minimum atomic E-state index is -2.25. The van der Waals surface area contributed by atoms with E-state index in [1.807, 2.05) is 12.1 Å². The van der Waals surface area contributed by atoms with E-state index in [4.69, 9.17) is 13.9 Å². The summed E-state index contributed by atoms with van der Waals surface area (Å²) in [6, 6.07) is 8.99. The molecule has 0 aliphatic carbocycles. The quantitative estimate of drug-likeness (QED) is 0.128. The van der Waals surface area contributed by atoms with E-state index in [2.05, 4.69) is 10.3 Å². The molecule has 1 N–H and O–H groups in total. The topological polar surface area (TPSA) is 56.5 Å². The van der Waals surface area contributed by atoms with Crippen molar-refractivity contribution in [3.63, 3.8) is 0 Å². The van der Waals surface area contributed by atoms with E-state index in [9.17, 15) is 22.0 Å². The van der Waals surface area contributed by atoms with Crippen molar-refractivity contribution in [2.24, 2.45) is 0 Å². The first-order valence-corrected chi connectivity index (χ1v) is 10.8. The van der Waals surface area contributed by atoms with Crippen LogP contribution in [-0.2, 0) is 13.2 Å². The maximum atomic E-state index is 13.9. The number of benzene rings is 2. The number of ether oxygens (including phenoxy) is 2. The van der Waals surface area contributed by atoms with Gasteiger partial charge in [0, 0.05) is 24.5 Å². The van der Waals surface area contributed by atoms with E-state index in [0.29, 0.717) is 35.4 Å². The molecule has 184 valence electrons. The van der Waals surface area contributed by atoms with E-state index >= 15 is 0 Å². The molecule has 0 spiro atoms. The van der Waals surface area contributed by atoms with Crippen molar-refractivity contribution >= 4 is 11.0 Å². The Kier molecular flexibility index (Phi) is 7.50. The average Bonchev–Trinajstić information content (AvgIpc) is 3.20. The van der Waals surface area contributed by atoms with Crippen LogP contribution in [0.15, 0.2) is 47.1 Å². The third-order valence-corrected chi connectivity index (χ3v) is 5.34. The van der Waals surface area contributed by atoms with E-state index in [0.717, 1.165) is 18.5 Å². The van der Waals surface area contributed by atoms with Crippen molar-refractivity contribution in [3.05, 3.63) is 88.7 Å². The fraction of sp³-hybridized carbons (Fsp3) is 0.240. The molecule has 2 aromatic heterocycles. The van der Waals surface area contributed by atoms with Crippen LogP contribution in [0.25, 0.3) is 11.0 Å². The first-order valence-electron chi connectivity index (χ1n) is 10.8. The summed E-state index contributed by atoms with van der Waals surface area (Å²) in [5.74, 6) is -11.2. The van der Waals surface area contributed by atoms with Crippen molar-refractivity contribution in [1.82, 2.24) is 10.3 Å². The predicted octanol–water partition coefficient (Wildman–Crippen LogP) is 5.97. The Hall–Kier alpha value is -3.66. The summed E-state index contributed by atoms with van der Waals surface area (Å²) >= 11 is 0. The number of nitrogens with zero attached hydrogens (tertiary/aromatic N) is 1. The first-order chi connectivity index (χ1) is 16.9. The molecule has 5 nitrogen and oxygen atoms in total. The number of aromatic nitrogens is 1. The lowest BCUT2D eigenvalue weighted by Crippen LogP contribution is -2.17. The fourth-order valence-corrected chi connectivity index (χ4v) is 3.54. The summed E-state index contributed by atoms with van der Waals surface area (Å²) in [7, 11) is 0. The third-order valence-electron chi connectivity index (χ3n) is 5.34. The highest BCUT2D eigenvalue weighted by Gasteiger charge is 2.27. The van der Waals surface area contributed by atoms with Gasteiger partial charge in [-0.15, -0.1) is 0 Å². The Bertz CT molecular complexity index is 1300. The van der Waals surface area contributed by atoms with Crippen LogP contribution in [0.1, 0.15) is 23.3 Å². The molecule has 0 unspecified atom stereocenters. The third kappa shape index (κ3) is 5.22. The highest BCUT2D eigenvalue weighted by molar-refractivity contribution is 5.88. The van der Waals surface area contributed by atoms with Crippen LogP contribution >= 0.6 is 0 Å². The molecule has 2 heterocycles. The Balaban J connectivity index is 1.40. The summed E-state index contributed by atoms with van der Waals surface area (Å²) in [6.07, 6.45) is 4.23. The monoisotopic (exact) mass is 492 g/mol. The van der Waals surface area contributed by atoms with Gasteiger partial charge in [-0.3, -0.25) is 4.98 Å². The number of pyridine rings is 1. The molecule has 0 bridgehead atoms. The van der Waals surface area contributed by atoms with Gasteiger partial charge in [0.1, 0.15) is 23.7 Å². The lowest BCUT2D eigenvalue weighted by molar-refractivity contribution is 0.233. The number of aryl methyl sites for hydroxylation is 1. The van der Waals surface area contributed by atoms with Gasteiger partial charge in [0.05, 0.1) is 12.0 Å². The molecular formula is C25H21F5N2O3. The lowest BCUT2D eigenvalue weighted by Gasteiger charge is -2.10. The fourth-order valence-electron chi connectivity index (χ4n) is 3.54. The van der Waals surface area contributed by atoms with Gasteiger partial charge in [-0.05, 0) is 43.7 Å². The largest absolute Gasteiger partial charge is 0.493 e. The summed E-state index contributed by atoms with van der Waals surface area (Å²) in [5.41, 5.74) is 2.08. The van der Waals surface area contributed by atoms with Gasteiger partial charge in [-0.1, -0.05) is 12.1 Å². The zero-order valence-electron chi connectivity index (χ0n) is 18.6. The molecule has 0 saturated carbocycles. The van der Waals surface area contributed by atoms with Crippen LogP contribution in [0.5, 0.6) is 11.5 Å². The van der Waals surface area contributed by atoms with Gasteiger partial charge >= 0.3 is 0 Å². The van der Waals surface area contributed by atoms with Crippen LogP contribution in [0.3, 0.4) is 0 Å². The van der Waals surface area contributed by atoms with E-state index in [1.165, 1.54) is 0 Å². The molecule has 0 amide bonds. The van der Waals surface area contributed by atoms with Crippen molar-refractivity contribution in [2.75, 3.05) is 13.2 Å². The van der Waals surface area contributed by atoms with E-state index in [1.54, 1.807) is 37.5 Å². The zero-order chi connectivity index (χ0) is 24.9. The van der Waals surface area contributed by atoms with Crippen molar-refractivity contribution in [3.8, 4) is 11.5 Å². The predicted molar refractivity (Wildman–Crippen MR) is 118 cm³/mol. The minimum absolute atomic E-state index is 0.165. The van der Waals surface area contributed by atoms with Crippen LogP contribution < -0.4 is 14.8 Å². The molecule has 0 aliphatic heterocycles. The normalized spacial score (nSPS) is 11.3. The number of halogens is 5. The van der Waals surface area contributed by atoms with Crippen LogP contribution in [-0.4, -0.2) is 18.1 Å². The Morgan fingerprint density at radius 1 is 0.914 bits per heavy atom. The van der Waals surface area contributed by atoms with Crippen LogP contribution in [0.2, 0.25) is 0 Å². The van der Waals surface area contributed by atoms with Gasteiger partial charge < -0.3 is 19.2 Å². The molecule has 0 radical (unpaired) electrons. The van der Waals surface area contributed by atoms with Crippen molar-refractivity contribution < 1.29 is 35.8 Å². The summed E-state index contributed by atoms with van der Waals surface area (Å²) in [4.78, 5) is 4.06. The molecular weight excluding hydrogens is 471 g/mol. The van der Waals surface area contributed by atoms with Crippen LogP contribution in [0.4, 0.5) is 22.0 Å². The highest BCUT2D eigenvalue weighted by Crippen LogP contribution is 2.35. The number of nitrogens with one attached hydrogen (secondary N) is 1. The molecule has 35 heavy (non-hydrogen) atoms. The number of hydrogen-bond acceptors (Lipinski definition) is 5. The number of rotatable bonds is 10. The Morgan fingerprint density at radius 2 is 1.66 bits per heavy atom. The second-order valence-corrected chi connectivity index (χ2v) is 7.71. The number of furan rings is 1. The Labute approximate surface area is 197 Å². The van der Waals surface area contributed by atoms with E-state index < -0.39 is 41.4 Å². The molecule has 0 atom stereocenters. The van der Waals surface area contributed by atoms with Crippen molar-refractivity contribution in [1.29, 1.82) is 0 Å². The van der Waals surface area contributed by atoms with Crippen LogP contribution in [0, 0.1) is 36.0 Å². The van der Waals surface area contributed by atoms with Gasteiger partial charge in [-0.2, -0.15) is 8.78 Å². The highest BCUT2D eigenvalue weighted by atomic mass is 19.2. The standard InChI is InChI=1S/C25H21F5N2O3/c1-14-18(13-34-25-23(29)21(27)20(26)22(28)24(25)30)35-17-7-2-6-16(19(14)17)33-10-4-9-32-12-15-5-3-8-31-11-15/h2-3,5-8,11,32H,4,9-10,12-13H2,1H3. The van der Waals surface area contributed by atoms with Gasteiger partial charge in [-0.25, -0.2) is 13.2 Å². The first kappa shape index (κ1) is 24.5. The molecule has 4 rings (SSSR count). The lowest BCUT2D eigenvalue weighted by atomic mass is 10.1. The van der Waals surface area contributed by atoms with Crippen molar-refractivity contribution in [2.45, 2.75) is 26.5 Å². The molecule has 2 aromatic carbocycles. The molecule has 10 heteroatoms. The molecule has 0 aliphatic rings. The molecule has 0 fully saturated rings. The van der Waals surface area contributed by atoms with Gasteiger partial charge in [0.15, 0.2) is 5.75 Å². The summed E-state index contributed by atoms with van der Waals surface area (Å²) < 4.78 is 84.4. The Morgan fingerprint density at radius 3 is 2.37 bits per heavy atom. The molecule has 0 saturated heterocycles. The maximum Gasteiger partial charge on any atom is 0.207 e. The number of fused-ring (bicyclic) bond motifs is 1. The average molecular weight is 492 g/mol. The summed E-state index contributed by atoms with van der Waals surface area (Å²) in [5, 5.41) is 3.93. The zero-order valence-corrected chi connectivity index (χ0v) is 18.6. The smallest absolute Gasteiger partial charge is 0.207 e. The van der Waals surface area contributed by atoms with Gasteiger partial charge in [0.2, 0.25) is 29.1 Å². The summed E-state index contributed by atoms with van der Waals surface area (Å²) in [6.45, 7) is 2.97. The van der Waals surface area contributed by atoms with E-state index in [-0.39, 0.29) is 5.76 Å². The number of hydrogen-bond donors (Lipinski definition) is 1. The second-order valence-electron chi connectivity index (χ2n) is 7.71. The van der Waals surface area contributed by atoms with Gasteiger partial charge in [0.25, 0.3) is 0 Å². The molecule has 4 aromatic rings.